The molecule has 0 spiro atoms. The zero-order valence-electron chi connectivity index (χ0n) is 11.9. The number of nitrogens with zero attached hydrogens (tertiary/aromatic N) is 2. The predicted molar refractivity (Wildman–Crippen MR) is 92.7 cm³/mol. The highest BCUT2D eigenvalue weighted by Crippen LogP contribution is 2.20. The molecule has 0 fully saturated rings. The van der Waals surface area contributed by atoms with E-state index in [4.69, 9.17) is 0 Å². The van der Waals surface area contributed by atoms with Gasteiger partial charge in [-0.15, -0.1) is 24.0 Å². The van der Waals surface area contributed by atoms with Gasteiger partial charge in [0.15, 0.2) is 5.96 Å². The third-order valence-electron chi connectivity index (χ3n) is 3.07. The van der Waals surface area contributed by atoms with Gasteiger partial charge in [-0.05, 0) is 30.5 Å². The second-order valence-electron chi connectivity index (χ2n) is 4.89. The Morgan fingerprint density at radius 2 is 2.16 bits per heavy atom. The van der Waals surface area contributed by atoms with Crippen molar-refractivity contribution in [3.8, 4) is 0 Å². The van der Waals surface area contributed by atoms with Crippen LogP contribution in [0.3, 0.4) is 0 Å². The quantitative estimate of drug-likeness (QED) is 0.797. The summed E-state index contributed by atoms with van der Waals surface area (Å²) in [5.41, 5.74) is 3.84. The summed E-state index contributed by atoms with van der Waals surface area (Å²) < 4.78 is 0. The van der Waals surface area contributed by atoms with Crippen molar-refractivity contribution in [2.45, 2.75) is 19.9 Å². The number of anilines is 1. The van der Waals surface area contributed by atoms with Gasteiger partial charge < -0.3 is 15.5 Å². The molecular weight excluding hydrogens is 351 g/mol. The molecule has 0 saturated carbocycles. The smallest absolute Gasteiger partial charge is 0.191 e. The van der Waals surface area contributed by atoms with E-state index in [0.29, 0.717) is 0 Å². The second-order valence-corrected chi connectivity index (χ2v) is 4.89. The molecule has 4 nitrogen and oxygen atoms in total. The van der Waals surface area contributed by atoms with Gasteiger partial charge in [0.05, 0.1) is 0 Å². The number of aliphatic imine (C=N–C) groups is 1. The standard InChI is InChI=1S/C14H22N4.HI/c1-11-5-6-12(13(9-11)18(2)3)10-17-14-15-7-4-8-16-14;/h5-6,9H,4,7-8,10H2,1-3H3,(H2,15,16,17);1H. The van der Waals surface area contributed by atoms with Crippen molar-refractivity contribution in [3.63, 3.8) is 0 Å². The molecule has 19 heavy (non-hydrogen) atoms. The third-order valence-corrected chi connectivity index (χ3v) is 3.07. The zero-order valence-corrected chi connectivity index (χ0v) is 14.2. The maximum Gasteiger partial charge on any atom is 0.191 e. The van der Waals surface area contributed by atoms with Crippen molar-refractivity contribution in [1.29, 1.82) is 0 Å². The van der Waals surface area contributed by atoms with Gasteiger partial charge in [-0.2, -0.15) is 0 Å². The molecule has 0 atom stereocenters. The van der Waals surface area contributed by atoms with E-state index in [1.807, 2.05) is 0 Å². The topological polar surface area (TPSA) is 39.7 Å². The number of nitrogens with one attached hydrogen (secondary N) is 2. The Balaban J connectivity index is 0.00000180. The molecule has 5 heteroatoms. The lowest BCUT2D eigenvalue weighted by atomic mass is 10.1. The molecule has 2 rings (SSSR count). The van der Waals surface area contributed by atoms with Crippen molar-refractivity contribution >= 4 is 35.6 Å². The van der Waals surface area contributed by atoms with Crippen LogP contribution in [0.4, 0.5) is 5.69 Å². The molecule has 1 aliphatic rings. The minimum atomic E-state index is 0. The summed E-state index contributed by atoms with van der Waals surface area (Å²) in [7, 11) is 4.16. The minimum Gasteiger partial charge on any atom is -0.377 e. The van der Waals surface area contributed by atoms with Crippen LogP contribution in [-0.4, -0.2) is 33.1 Å². The molecule has 0 radical (unpaired) electrons. The van der Waals surface area contributed by atoms with Crippen LogP contribution in [0.25, 0.3) is 0 Å². The normalized spacial score (nSPS) is 13.9. The number of hydrogen-bond acceptors (Lipinski definition) is 4. The van der Waals surface area contributed by atoms with Gasteiger partial charge in [-0.3, -0.25) is 4.99 Å². The van der Waals surface area contributed by atoms with E-state index in [9.17, 15) is 0 Å². The van der Waals surface area contributed by atoms with Crippen molar-refractivity contribution < 1.29 is 0 Å². The maximum absolute atomic E-state index is 4.42. The van der Waals surface area contributed by atoms with E-state index in [0.717, 1.165) is 32.0 Å². The van der Waals surface area contributed by atoms with Gasteiger partial charge >= 0.3 is 0 Å². The molecule has 0 bridgehead atoms. The van der Waals surface area contributed by atoms with Gasteiger partial charge in [0, 0.05) is 39.4 Å². The summed E-state index contributed by atoms with van der Waals surface area (Å²) in [5, 5.41) is 6.64. The fourth-order valence-corrected chi connectivity index (χ4v) is 2.07. The first-order chi connectivity index (χ1) is 8.66. The van der Waals surface area contributed by atoms with Gasteiger partial charge in [0.25, 0.3) is 0 Å². The average molecular weight is 374 g/mol. The third kappa shape index (κ3) is 4.56. The highest BCUT2D eigenvalue weighted by molar-refractivity contribution is 14.0. The average Bonchev–Trinajstić information content (AvgIpc) is 2.38. The molecule has 1 aromatic carbocycles. The van der Waals surface area contributed by atoms with Crippen molar-refractivity contribution in [2.24, 2.45) is 4.99 Å². The summed E-state index contributed by atoms with van der Waals surface area (Å²) in [6.07, 6.45) is 1.12. The van der Waals surface area contributed by atoms with E-state index in [2.05, 4.69) is 59.7 Å². The first-order valence-electron chi connectivity index (χ1n) is 6.46. The van der Waals surface area contributed by atoms with Gasteiger partial charge in [-0.1, -0.05) is 12.1 Å². The van der Waals surface area contributed by atoms with Crippen LogP contribution in [0, 0.1) is 6.92 Å². The van der Waals surface area contributed by atoms with Crippen LogP contribution >= 0.6 is 24.0 Å². The fourth-order valence-electron chi connectivity index (χ4n) is 2.07. The molecule has 1 aliphatic heterocycles. The van der Waals surface area contributed by atoms with Crippen molar-refractivity contribution in [3.05, 3.63) is 29.3 Å². The second kappa shape index (κ2) is 7.57. The summed E-state index contributed by atoms with van der Waals surface area (Å²) in [6, 6.07) is 6.55. The molecular formula is C14H23IN4. The van der Waals surface area contributed by atoms with E-state index < -0.39 is 0 Å². The number of rotatable bonds is 3. The van der Waals surface area contributed by atoms with Gasteiger partial charge in [-0.25, -0.2) is 0 Å². The van der Waals surface area contributed by atoms with Crippen LogP contribution < -0.4 is 15.5 Å². The Morgan fingerprint density at radius 1 is 1.37 bits per heavy atom. The largest absolute Gasteiger partial charge is 0.377 e. The summed E-state index contributed by atoms with van der Waals surface area (Å²) >= 11 is 0. The monoisotopic (exact) mass is 374 g/mol. The molecule has 1 aromatic rings. The lowest BCUT2D eigenvalue weighted by Crippen LogP contribution is -2.40. The van der Waals surface area contributed by atoms with E-state index in [1.165, 1.54) is 16.8 Å². The van der Waals surface area contributed by atoms with Crippen LogP contribution in [0.1, 0.15) is 17.5 Å². The Labute approximate surface area is 132 Å². The lowest BCUT2D eigenvalue weighted by Gasteiger charge is -2.20. The minimum absolute atomic E-state index is 0. The lowest BCUT2D eigenvalue weighted by molar-refractivity contribution is 0.702. The van der Waals surface area contributed by atoms with Crippen LogP contribution in [0.5, 0.6) is 0 Å². The molecule has 1 heterocycles. The molecule has 0 aliphatic carbocycles. The summed E-state index contributed by atoms with van der Waals surface area (Å²) in [5.74, 6) is 0.923. The number of guanidine groups is 1. The first kappa shape index (κ1) is 16.1. The number of hydrogen-bond donors (Lipinski definition) is 2. The highest BCUT2D eigenvalue weighted by Gasteiger charge is 2.07. The van der Waals surface area contributed by atoms with Crippen LogP contribution in [0.2, 0.25) is 0 Å². The van der Waals surface area contributed by atoms with E-state index in [-0.39, 0.29) is 24.0 Å². The van der Waals surface area contributed by atoms with Crippen molar-refractivity contribution in [1.82, 2.24) is 10.6 Å². The molecule has 0 saturated heterocycles. The van der Waals surface area contributed by atoms with E-state index >= 15 is 0 Å². The maximum atomic E-state index is 4.42. The highest BCUT2D eigenvalue weighted by atomic mass is 127. The molecule has 0 unspecified atom stereocenters. The summed E-state index contributed by atoms with van der Waals surface area (Å²) in [6.45, 7) is 4.86. The Hall–Kier alpha value is -0.980. The molecule has 0 aromatic heterocycles. The predicted octanol–water partition coefficient (Wildman–Crippen LogP) is 2.12. The Kier molecular flexibility index (Phi) is 6.41. The first-order valence-corrected chi connectivity index (χ1v) is 6.46. The molecule has 0 amide bonds. The van der Waals surface area contributed by atoms with Crippen molar-refractivity contribution in [2.75, 3.05) is 32.1 Å². The number of benzene rings is 1. The SMILES string of the molecule is Cc1ccc(CNC2=NCCCN2)c(N(C)C)c1.I. The Bertz CT molecular complexity index is 443. The zero-order chi connectivity index (χ0) is 13.0. The molecule has 106 valence electrons. The van der Waals surface area contributed by atoms with Crippen LogP contribution in [-0.2, 0) is 6.54 Å². The van der Waals surface area contributed by atoms with Crippen LogP contribution in [0.15, 0.2) is 23.2 Å². The number of aryl methyl sites for hydroxylation is 1. The number of halogens is 1. The molecule has 2 N–H and O–H groups in total. The Morgan fingerprint density at radius 3 is 2.79 bits per heavy atom. The fraction of sp³-hybridized carbons (Fsp3) is 0.500. The van der Waals surface area contributed by atoms with E-state index in [1.54, 1.807) is 0 Å². The van der Waals surface area contributed by atoms with Gasteiger partial charge in [0.1, 0.15) is 0 Å². The summed E-state index contributed by atoms with van der Waals surface area (Å²) in [4.78, 5) is 6.57. The van der Waals surface area contributed by atoms with Gasteiger partial charge in [0.2, 0.25) is 0 Å².